The van der Waals surface area contributed by atoms with Gasteiger partial charge in [-0.2, -0.15) is 0 Å². The molecular formula is C14H12O3. The van der Waals surface area contributed by atoms with Gasteiger partial charge in [-0.3, -0.25) is 9.59 Å². The normalized spacial score (nSPS) is 33.6. The molecule has 0 bridgehead atoms. The number of carbonyl (C=O) groups excluding carboxylic acids is 2. The van der Waals surface area contributed by atoms with Gasteiger partial charge in [-0.05, 0) is 25.5 Å². The van der Waals surface area contributed by atoms with Crippen molar-refractivity contribution in [1.29, 1.82) is 0 Å². The summed E-state index contributed by atoms with van der Waals surface area (Å²) in [7, 11) is 0. The number of hydrogen-bond donors (Lipinski definition) is 0. The second-order valence-corrected chi connectivity index (χ2v) is 4.66. The Morgan fingerprint density at radius 3 is 2.59 bits per heavy atom. The Labute approximate surface area is 99.1 Å². The van der Waals surface area contributed by atoms with E-state index in [1.807, 2.05) is 24.3 Å². The van der Waals surface area contributed by atoms with Crippen molar-refractivity contribution in [2.75, 3.05) is 0 Å². The Hall–Kier alpha value is -1.74. The maximum Gasteiger partial charge on any atom is 0.195 e. The molecule has 0 saturated carbocycles. The van der Waals surface area contributed by atoms with E-state index in [0.29, 0.717) is 0 Å². The smallest absolute Gasteiger partial charge is 0.195 e. The zero-order chi connectivity index (χ0) is 12.3. The van der Waals surface area contributed by atoms with E-state index in [-0.39, 0.29) is 11.6 Å². The average Bonchev–Trinajstić information content (AvgIpc) is 2.94. The lowest BCUT2D eigenvalue weighted by atomic mass is 9.77. The summed E-state index contributed by atoms with van der Waals surface area (Å²) in [6.45, 7) is 3.14. The zero-order valence-corrected chi connectivity index (χ0v) is 9.69. The highest BCUT2D eigenvalue weighted by molar-refractivity contribution is 6.12. The van der Waals surface area contributed by atoms with Crippen LogP contribution in [0.4, 0.5) is 0 Å². The van der Waals surface area contributed by atoms with Crippen molar-refractivity contribution in [3.63, 3.8) is 0 Å². The van der Waals surface area contributed by atoms with Crippen molar-refractivity contribution in [3.05, 3.63) is 41.5 Å². The molecule has 1 aliphatic heterocycles. The molecule has 0 radical (unpaired) electrons. The number of rotatable bonds is 1. The molecule has 1 aliphatic carbocycles. The number of ketones is 2. The Kier molecular flexibility index (Phi) is 1.79. The van der Waals surface area contributed by atoms with Crippen LogP contribution in [0.15, 0.2) is 30.3 Å². The number of benzene rings is 1. The Balaban J connectivity index is 2.23. The molecule has 0 N–H and O–H groups in total. The third-order valence-electron chi connectivity index (χ3n) is 3.76. The standard InChI is InChI=1S/C14H12O3/c1-9(15)13(2)14(17-13)11-6-4-3-5-10(11)7-8-12(14)16/h3-8H,1-2H3/t13-,14-/m1/s1. The van der Waals surface area contributed by atoms with E-state index in [4.69, 9.17) is 4.74 Å². The largest absolute Gasteiger partial charge is 0.341 e. The molecule has 0 aromatic heterocycles. The van der Waals surface area contributed by atoms with E-state index in [0.717, 1.165) is 11.1 Å². The van der Waals surface area contributed by atoms with Crippen molar-refractivity contribution in [3.8, 4) is 0 Å². The fourth-order valence-electron chi connectivity index (χ4n) is 2.58. The number of hydrogen-bond acceptors (Lipinski definition) is 3. The minimum absolute atomic E-state index is 0.115. The highest BCUT2D eigenvalue weighted by atomic mass is 16.6. The van der Waals surface area contributed by atoms with Gasteiger partial charge >= 0.3 is 0 Å². The van der Waals surface area contributed by atoms with Gasteiger partial charge in [0.2, 0.25) is 0 Å². The SMILES string of the molecule is CC(=O)[C@@]1(C)O[C@]12C(=O)C=Cc1ccccc12. The van der Waals surface area contributed by atoms with Gasteiger partial charge in [-0.1, -0.05) is 30.3 Å². The topological polar surface area (TPSA) is 46.7 Å². The van der Waals surface area contributed by atoms with Crippen LogP contribution in [0.2, 0.25) is 0 Å². The van der Waals surface area contributed by atoms with E-state index in [1.165, 1.54) is 13.0 Å². The highest BCUT2D eigenvalue weighted by Gasteiger charge is 2.75. The first-order valence-electron chi connectivity index (χ1n) is 5.55. The molecule has 2 atom stereocenters. The second-order valence-electron chi connectivity index (χ2n) is 4.66. The molecule has 2 aliphatic rings. The Bertz CT molecular complexity index is 573. The predicted molar refractivity (Wildman–Crippen MR) is 62.3 cm³/mol. The van der Waals surface area contributed by atoms with Gasteiger partial charge < -0.3 is 4.74 Å². The quantitative estimate of drug-likeness (QED) is 0.689. The summed E-state index contributed by atoms with van der Waals surface area (Å²) in [5, 5.41) is 0. The monoisotopic (exact) mass is 228 g/mol. The molecule has 17 heavy (non-hydrogen) atoms. The fourth-order valence-corrected chi connectivity index (χ4v) is 2.58. The van der Waals surface area contributed by atoms with E-state index in [1.54, 1.807) is 13.0 Å². The minimum Gasteiger partial charge on any atom is -0.341 e. The van der Waals surface area contributed by atoms with Crippen LogP contribution in [-0.2, 0) is 19.9 Å². The van der Waals surface area contributed by atoms with Gasteiger partial charge in [0.25, 0.3) is 0 Å². The maximum absolute atomic E-state index is 12.1. The molecule has 1 fully saturated rings. The van der Waals surface area contributed by atoms with E-state index < -0.39 is 11.2 Å². The van der Waals surface area contributed by atoms with Gasteiger partial charge in [0, 0.05) is 5.56 Å². The third-order valence-corrected chi connectivity index (χ3v) is 3.76. The van der Waals surface area contributed by atoms with Crippen LogP contribution in [0.3, 0.4) is 0 Å². The van der Waals surface area contributed by atoms with E-state index in [2.05, 4.69) is 0 Å². The van der Waals surface area contributed by atoms with Crippen LogP contribution in [0.1, 0.15) is 25.0 Å². The summed E-state index contributed by atoms with van der Waals surface area (Å²) >= 11 is 0. The third kappa shape index (κ3) is 1.05. The molecule has 1 aromatic carbocycles. The van der Waals surface area contributed by atoms with Crippen molar-refractivity contribution < 1.29 is 14.3 Å². The molecule has 1 spiro atoms. The molecular weight excluding hydrogens is 216 g/mol. The molecule has 3 nitrogen and oxygen atoms in total. The van der Waals surface area contributed by atoms with Crippen molar-refractivity contribution in [2.24, 2.45) is 0 Å². The summed E-state index contributed by atoms with van der Waals surface area (Å²) in [6, 6.07) is 7.53. The first-order valence-corrected chi connectivity index (χ1v) is 5.55. The van der Waals surface area contributed by atoms with Gasteiger partial charge in [0.15, 0.2) is 22.8 Å². The summed E-state index contributed by atoms with van der Waals surface area (Å²) in [6.07, 6.45) is 3.27. The first kappa shape index (κ1) is 10.4. The van der Waals surface area contributed by atoms with Crippen LogP contribution >= 0.6 is 0 Å². The molecule has 3 heteroatoms. The fraction of sp³-hybridized carbons (Fsp3) is 0.286. The lowest BCUT2D eigenvalue weighted by Crippen LogP contribution is -2.35. The summed E-state index contributed by atoms with van der Waals surface area (Å²) in [5.74, 6) is -0.259. The molecule has 0 amide bonds. The number of ether oxygens (including phenoxy) is 1. The number of Topliss-reactive ketones (excluding diaryl/α,β-unsaturated/α-hetero) is 1. The van der Waals surface area contributed by atoms with E-state index in [9.17, 15) is 9.59 Å². The highest BCUT2D eigenvalue weighted by Crippen LogP contribution is 2.59. The van der Waals surface area contributed by atoms with Gasteiger partial charge in [0.05, 0.1) is 0 Å². The van der Waals surface area contributed by atoms with Gasteiger partial charge in [-0.25, -0.2) is 0 Å². The van der Waals surface area contributed by atoms with Crippen LogP contribution in [0, 0.1) is 0 Å². The lowest BCUT2D eigenvalue weighted by Gasteiger charge is -2.19. The van der Waals surface area contributed by atoms with Crippen molar-refractivity contribution >= 4 is 17.6 Å². The second kappa shape index (κ2) is 2.93. The first-order chi connectivity index (χ1) is 8.02. The molecule has 0 unspecified atom stereocenters. The maximum atomic E-state index is 12.1. The van der Waals surface area contributed by atoms with Gasteiger partial charge in [0.1, 0.15) is 0 Å². The molecule has 3 rings (SSSR count). The van der Waals surface area contributed by atoms with Crippen LogP contribution < -0.4 is 0 Å². The molecule has 86 valence electrons. The number of carbonyl (C=O) groups is 2. The predicted octanol–water partition coefficient (Wildman–Crippen LogP) is 1.86. The molecule has 1 heterocycles. The summed E-state index contributed by atoms with van der Waals surface area (Å²) < 4.78 is 5.58. The average molecular weight is 228 g/mol. The van der Waals surface area contributed by atoms with Crippen LogP contribution in [0.5, 0.6) is 0 Å². The van der Waals surface area contributed by atoms with Crippen molar-refractivity contribution in [2.45, 2.75) is 25.0 Å². The summed E-state index contributed by atoms with van der Waals surface area (Å²) in [5.41, 5.74) is -0.350. The number of fused-ring (bicyclic) bond motifs is 2. The Morgan fingerprint density at radius 2 is 1.94 bits per heavy atom. The summed E-state index contributed by atoms with van der Waals surface area (Å²) in [4.78, 5) is 23.8. The van der Waals surface area contributed by atoms with Crippen LogP contribution in [-0.4, -0.2) is 17.2 Å². The van der Waals surface area contributed by atoms with E-state index >= 15 is 0 Å². The molecule has 1 aromatic rings. The van der Waals surface area contributed by atoms with Crippen molar-refractivity contribution in [1.82, 2.24) is 0 Å². The Morgan fingerprint density at radius 1 is 1.24 bits per heavy atom. The van der Waals surface area contributed by atoms with Gasteiger partial charge in [-0.15, -0.1) is 0 Å². The molecule has 1 saturated heterocycles. The zero-order valence-electron chi connectivity index (χ0n) is 9.69. The minimum atomic E-state index is -1.08. The number of epoxide rings is 1. The lowest BCUT2D eigenvalue weighted by molar-refractivity contribution is -0.123. The van der Waals surface area contributed by atoms with Crippen LogP contribution in [0.25, 0.3) is 6.08 Å².